The first-order chi connectivity index (χ1) is 8.57. The van der Waals surface area contributed by atoms with Gasteiger partial charge in [-0.05, 0) is 36.8 Å². The van der Waals surface area contributed by atoms with E-state index >= 15 is 0 Å². The minimum Gasteiger partial charge on any atom is -0.376 e. The van der Waals surface area contributed by atoms with Gasteiger partial charge in [-0.2, -0.15) is 0 Å². The first-order valence-electron chi connectivity index (χ1n) is 6.80. The minimum atomic E-state index is -0.215. The molecule has 0 radical (unpaired) electrons. The molecule has 0 aliphatic heterocycles. The topological polar surface area (TPSA) is 48.1 Å². The third-order valence-corrected chi connectivity index (χ3v) is 4.22. The van der Waals surface area contributed by atoms with Crippen molar-refractivity contribution >= 4 is 0 Å². The molecule has 2 rings (SSSR count). The quantitative estimate of drug-likeness (QED) is 0.894. The van der Waals surface area contributed by atoms with Crippen LogP contribution in [0.4, 0.5) is 0 Å². The smallest absolute Gasteiger partial charge is 0.0873 e. The Kier molecular flexibility index (Phi) is 4.03. The van der Waals surface area contributed by atoms with Crippen molar-refractivity contribution in [2.45, 2.75) is 51.2 Å². The summed E-state index contributed by atoms with van der Waals surface area (Å²) in [5.74, 6) is 0.683. The first kappa shape index (κ1) is 13.5. The van der Waals surface area contributed by atoms with Crippen molar-refractivity contribution in [1.29, 1.82) is 0 Å². The van der Waals surface area contributed by atoms with Gasteiger partial charge in [-0.25, -0.2) is 0 Å². The van der Waals surface area contributed by atoms with Crippen LogP contribution in [-0.2, 0) is 4.74 Å². The Morgan fingerprint density at radius 2 is 2.28 bits per heavy atom. The molecule has 0 bridgehead atoms. The number of aryl methyl sites for hydroxylation is 1. The number of pyridine rings is 1. The van der Waals surface area contributed by atoms with Crippen LogP contribution in [0, 0.1) is 12.8 Å². The number of nitrogens with zero attached hydrogens (tertiary/aromatic N) is 1. The van der Waals surface area contributed by atoms with Crippen LogP contribution in [0.5, 0.6) is 0 Å². The first-order valence-corrected chi connectivity index (χ1v) is 6.80. The maximum absolute atomic E-state index is 6.48. The summed E-state index contributed by atoms with van der Waals surface area (Å²) in [6.45, 7) is 4.33. The lowest BCUT2D eigenvalue weighted by Gasteiger charge is -2.43. The predicted molar refractivity (Wildman–Crippen MR) is 73.3 cm³/mol. The molecule has 100 valence electrons. The molecule has 0 aromatic carbocycles. The Morgan fingerprint density at radius 1 is 1.50 bits per heavy atom. The maximum atomic E-state index is 6.48. The highest BCUT2D eigenvalue weighted by Gasteiger charge is 2.41. The molecule has 1 aromatic rings. The molecule has 3 nitrogen and oxygen atoms in total. The fourth-order valence-electron chi connectivity index (χ4n) is 3.19. The highest BCUT2D eigenvalue weighted by atomic mass is 16.5. The van der Waals surface area contributed by atoms with E-state index in [1.165, 1.54) is 12.8 Å². The number of aromatic nitrogens is 1. The standard InChI is InChI=1S/C15H24N2O/c1-11-5-4-6-15(8-11,18-3)14(16)13-7-12(2)9-17-10-13/h7,9-11,14H,4-6,8,16H2,1-3H3. The average molecular weight is 248 g/mol. The maximum Gasteiger partial charge on any atom is 0.0873 e. The summed E-state index contributed by atoms with van der Waals surface area (Å²) in [7, 11) is 1.79. The van der Waals surface area contributed by atoms with E-state index in [1.54, 1.807) is 7.11 Å². The molecule has 2 N–H and O–H groups in total. The zero-order valence-corrected chi connectivity index (χ0v) is 11.6. The second-order valence-electron chi connectivity index (χ2n) is 5.74. The van der Waals surface area contributed by atoms with Crippen LogP contribution in [0.2, 0.25) is 0 Å². The van der Waals surface area contributed by atoms with Gasteiger partial charge in [0.1, 0.15) is 0 Å². The van der Waals surface area contributed by atoms with Crippen LogP contribution < -0.4 is 5.73 Å². The summed E-state index contributed by atoms with van der Waals surface area (Å²) in [6, 6.07) is 2.04. The Bertz CT molecular complexity index is 407. The van der Waals surface area contributed by atoms with Gasteiger partial charge >= 0.3 is 0 Å². The molecule has 1 aliphatic carbocycles. The van der Waals surface area contributed by atoms with Crippen molar-refractivity contribution in [1.82, 2.24) is 4.98 Å². The van der Waals surface area contributed by atoms with E-state index in [1.807, 2.05) is 19.3 Å². The van der Waals surface area contributed by atoms with Gasteiger partial charge in [0.05, 0.1) is 11.6 Å². The summed E-state index contributed by atoms with van der Waals surface area (Å²) in [6.07, 6.45) is 8.30. The van der Waals surface area contributed by atoms with Crippen LogP contribution in [0.25, 0.3) is 0 Å². The van der Waals surface area contributed by atoms with E-state index in [2.05, 4.69) is 18.0 Å². The van der Waals surface area contributed by atoms with Gasteiger partial charge in [-0.15, -0.1) is 0 Å². The molecule has 3 heteroatoms. The third-order valence-electron chi connectivity index (χ3n) is 4.22. The monoisotopic (exact) mass is 248 g/mol. The number of nitrogens with two attached hydrogens (primary N) is 1. The largest absolute Gasteiger partial charge is 0.376 e. The summed E-state index contributed by atoms with van der Waals surface area (Å²) < 4.78 is 5.85. The van der Waals surface area contributed by atoms with Crippen molar-refractivity contribution in [3.8, 4) is 0 Å². The second-order valence-corrected chi connectivity index (χ2v) is 5.74. The van der Waals surface area contributed by atoms with Crippen molar-refractivity contribution < 1.29 is 4.74 Å². The minimum absolute atomic E-state index is 0.0855. The van der Waals surface area contributed by atoms with E-state index in [0.29, 0.717) is 5.92 Å². The number of ether oxygens (including phenoxy) is 1. The molecule has 1 aliphatic rings. The van der Waals surface area contributed by atoms with Crippen LogP contribution in [0.1, 0.15) is 49.8 Å². The molecule has 3 atom stereocenters. The van der Waals surface area contributed by atoms with E-state index < -0.39 is 0 Å². The molecule has 1 fully saturated rings. The molecule has 0 saturated heterocycles. The van der Waals surface area contributed by atoms with Crippen LogP contribution in [0.3, 0.4) is 0 Å². The normalized spacial score (nSPS) is 30.1. The molecular formula is C15H24N2O. The van der Waals surface area contributed by atoms with Crippen molar-refractivity contribution in [2.75, 3.05) is 7.11 Å². The highest BCUT2D eigenvalue weighted by molar-refractivity contribution is 5.23. The summed E-state index contributed by atoms with van der Waals surface area (Å²) in [5.41, 5.74) is 8.51. The van der Waals surface area contributed by atoms with E-state index in [9.17, 15) is 0 Å². The molecule has 3 unspecified atom stereocenters. The molecule has 1 heterocycles. The number of hydrogen-bond acceptors (Lipinski definition) is 3. The van der Waals surface area contributed by atoms with Gasteiger partial charge in [0.2, 0.25) is 0 Å². The zero-order chi connectivity index (χ0) is 13.2. The average Bonchev–Trinajstić information content (AvgIpc) is 2.37. The Labute approximate surface area is 110 Å². The van der Waals surface area contributed by atoms with E-state index in [4.69, 9.17) is 10.5 Å². The van der Waals surface area contributed by atoms with Crippen molar-refractivity contribution in [2.24, 2.45) is 11.7 Å². The third kappa shape index (κ3) is 2.57. The predicted octanol–water partition coefficient (Wildman–Crippen LogP) is 2.99. The van der Waals surface area contributed by atoms with E-state index in [-0.39, 0.29) is 11.6 Å². The molecule has 0 amide bonds. The number of hydrogen-bond donors (Lipinski definition) is 1. The number of rotatable bonds is 3. The lowest BCUT2D eigenvalue weighted by Crippen LogP contribution is -2.46. The number of methoxy groups -OCH3 is 1. The van der Waals surface area contributed by atoms with Crippen LogP contribution in [-0.4, -0.2) is 17.7 Å². The van der Waals surface area contributed by atoms with Gasteiger partial charge in [0, 0.05) is 19.5 Å². The molecule has 1 aromatic heterocycles. The molecular weight excluding hydrogens is 224 g/mol. The molecule has 0 spiro atoms. The lowest BCUT2D eigenvalue weighted by atomic mass is 9.73. The lowest BCUT2D eigenvalue weighted by molar-refractivity contribution is -0.0718. The fourth-order valence-corrected chi connectivity index (χ4v) is 3.19. The molecule has 18 heavy (non-hydrogen) atoms. The van der Waals surface area contributed by atoms with E-state index in [0.717, 1.165) is 24.0 Å². The van der Waals surface area contributed by atoms with Crippen LogP contribution in [0.15, 0.2) is 18.5 Å². The van der Waals surface area contributed by atoms with Gasteiger partial charge < -0.3 is 10.5 Å². The van der Waals surface area contributed by atoms with Crippen molar-refractivity contribution in [3.63, 3.8) is 0 Å². The van der Waals surface area contributed by atoms with Gasteiger partial charge in [-0.3, -0.25) is 4.98 Å². The SMILES string of the molecule is COC1(C(N)c2cncc(C)c2)CCCC(C)C1. The van der Waals surface area contributed by atoms with Gasteiger partial charge in [0.15, 0.2) is 0 Å². The summed E-state index contributed by atoms with van der Waals surface area (Å²) in [4.78, 5) is 4.25. The fraction of sp³-hybridized carbons (Fsp3) is 0.667. The summed E-state index contributed by atoms with van der Waals surface area (Å²) in [5, 5.41) is 0. The zero-order valence-electron chi connectivity index (χ0n) is 11.6. The Balaban J connectivity index is 2.26. The Hall–Kier alpha value is -0.930. The van der Waals surface area contributed by atoms with Crippen molar-refractivity contribution in [3.05, 3.63) is 29.6 Å². The highest BCUT2D eigenvalue weighted by Crippen LogP contribution is 2.42. The second kappa shape index (κ2) is 5.37. The van der Waals surface area contributed by atoms with Gasteiger partial charge in [0.25, 0.3) is 0 Å². The van der Waals surface area contributed by atoms with Gasteiger partial charge in [-0.1, -0.05) is 25.8 Å². The van der Waals surface area contributed by atoms with Crippen LogP contribution >= 0.6 is 0 Å². The Morgan fingerprint density at radius 3 is 2.89 bits per heavy atom. The summed E-state index contributed by atoms with van der Waals surface area (Å²) >= 11 is 0. The molecule has 1 saturated carbocycles.